The maximum Gasteiger partial charge on any atom is 0.237 e. The highest BCUT2D eigenvalue weighted by atomic mass is 35.5. The van der Waals surface area contributed by atoms with Gasteiger partial charge in [-0.25, -0.2) is 0 Å². The fraction of sp³-hybridized carbons (Fsp3) is 0.429. The van der Waals surface area contributed by atoms with Gasteiger partial charge in [-0.15, -0.1) is 12.4 Å². The molecule has 1 aromatic rings. The minimum Gasteiger partial charge on any atom is -0.486 e. The number of fused-ring (bicyclic) bond motifs is 1. The van der Waals surface area contributed by atoms with Gasteiger partial charge in [0, 0.05) is 6.54 Å². The minimum atomic E-state index is -0.900. The molecule has 0 radical (unpaired) electrons. The van der Waals surface area contributed by atoms with Gasteiger partial charge in [0.1, 0.15) is 13.2 Å². The fourth-order valence-electron chi connectivity index (χ4n) is 2.01. The van der Waals surface area contributed by atoms with E-state index < -0.39 is 11.9 Å². The standard InChI is InChI=1S/C14H19N3O4.ClH/c15-10(8-13(16)18)14(19)17-4-3-9-1-2-11-12(7-9)21-6-5-20-11;/h1-2,7,10H,3-6,8,15H2,(H2,16,18)(H,17,19);1H. The largest absolute Gasteiger partial charge is 0.486 e. The minimum absolute atomic E-state index is 0. The Balaban J connectivity index is 0.00000242. The summed E-state index contributed by atoms with van der Waals surface area (Å²) in [5.74, 6) is 0.476. The van der Waals surface area contributed by atoms with Crippen LogP contribution in [-0.4, -0.2) is 37.6 Å². The monoisotopic (exact) mass is 329 g/mol. The van der Waals surface area contributed by atoms with Gasteiger partial charge in [-0.05, 0) is 24.1 Å². The molecule has 2 amide bonds. The average Bonchev–Trinajstić information content (AvgIpc) is 2.46. The van der Waals surface area contributed by atoms with E-state index in [9.17, 15) is 9.59 Å². The zero-order valence-corrected chi connectivity index (χ0v) is 12.9. The number of carbonyl (C=O) groups excluding carboxylic acids is 2. The maximum absolute atomic E-state index is 11.6. The average molecular weight is 330 g/mol. The quantitative estimate of drug-likeness (QED) is 0.665. The molecule has 7 nitrogen and oxygen atoms in total. The molecule has 5 N–H and O–H groups in total. The zero-order valence-electron chi connectivity index (χ0n) is 12.0. The van der Waals surface area contributed by atoms with E-state index in [0.29, 0.717) is 26.2 Å². The van der Waals surface area contributed by atoms with Crippen molar-refractivity contribution in [2.75, 3.05) is 19.8 Å². The van der Waals surface area contributed by atoms with Crippen LogP contribution in [0.1, 0.15) is 12.0 Å². The number of ether oxygens (including phenoxy) is 2. The van der Waals surface area contributed by atoms with Crippen molar-refractivity contribution in [3.05, 3.63) is 23.8 Å². The smallest absolute Gasteiger partial charge is 0.237 e. The van der Waals surface area contributed by atoms with Crippen LogP contribution in [0.25, 0.3) is 0 Å². The highest BCUT2D eigenvalue weighted by Crippen LogP contribution is 2.30. The second-order valence-electron chi connectivity index (χ2n) is 4.80. The van der Waals surface area contributed by atoms with Crippen LogP contribution >= 0.6 is 12.4 Å². The number of primary amides is 1. The molecule has 0 spiro atoms. The third-order valence-electron chi connectivity index (χ3n) is 3.08. The van der Waals surface area contributed by atoms with Crippen LogP contribution < -0.4 is 26.3 Å². The van der Waals surface area contributed by atoms with E-state index in [2.05, 4.69) is 5.32 Å². The van der Waals surface area contributed by atoms with E-state index in [1.807, 2.05) is 18.2 Å². The SMILES string of the molecule is Cl.NC(=O)CC(N)C(=O)NCCc1ccc2c(c1)OCCO2. The molecular formula is C14H20ClN3O4. The predicted molar refractivity (Wildman–Crippen MR) is 83.2 cm³/mol. The Bertz CT molecular complexity index is 539. The molecule has 1 aromatic carbocycles. The molecule has 22 heavy (non-hydrogen) atoms. The van der Waals surface area contributed by atoms with Gasteiger partial charge in [0.05, 0.1) is 12.5 Å². The molecule has 1 aliphatic heterocycles. The van der Waals surface area contributed by atoms with Crippen molar-refractivity contribution in [1.82, 2.24) is 5.32 Å². The van der Waals surface area contributed by atoms with Crippen LogP contribution in [0.5, 0.6) is 11.5 Å². The van der Waals surface area contributed by atoms with Gasteiger partial charge < -0.3 is 26.3 Å². The van der Waals surface area contributed by atoms with E-state index in [0.717, 1.165) is 17.1 Å². The van der Waals surface area contributed by atoms with Crippen molar-refractivity contribution >= 4 is 24.2 Å². The Hall–Kier alpha value is -1.99. The van der Waals surface area contributed by atoms with E-state index in [-0.39, 0.29) is 24.7 Å². The first-order valence-corrected chi connectivity index (χ1v) is 6.76. The molecule has 1 atom stereocenters. The lowest BCUT2D eigenvalue weighted by Crippen LogP contribution is -2.43. The Morgan fingerprint density at radius 1 is 1.23 bits per heavy atom. The fourth-order valence-corrected chi connectivity index (χ4v) is 2.01. The number of benzene rings is 1. The van der Waals surface area contributed by atoms with Crippen molar-refractivity contribution in [3.63, 3.8) is 0 Å². The van der Waals surface area contributed by atoms with Crippen molar-refractivity contribution in [3.8, 4) is 11.5 Å². The summed E-state index contributed by atoms with van der Waals surface area (Å²) in [5.41, 5.74) is 11.5. The lowest BCUT2D eigenvalue weighted by Gasteiger charge is -2.19. The molecule has 0 aromatic heterocycles. The summed E-state index contributed by atoms with van der Waals surface area (Å²) >= 11 is 0. The summed E-state index contributed by atoms with van der Waals surface area (Å²) < 4.78 is 10.9. The van der Waals surface area contributed by atoms with E-state index in [1.165, 1.54) is 0 Å². The van der Waals surface area contributed by atoms with Crippen molar-refractivity contribution < 1.29 is 19.1 Å². The van der Waals surface area contributed by atoms with Crippen LogP contribution in [0.2, 0.25) is 0 Å². The number of nitrogens with one attached hydrogen (secondary N) is 1. The molecule has 8 heteroatoms. The van der Waals surface area contributed by atoms with Crippen molar-refractivity contribution in [2.24, 2.45) is 11.5 Å². The Morgan fingerprint density at radius 3 is 2.59 bits per heavy atom. The first kappa shape index (κ1) is 18.1. The molecule has 1 aliphatic rings. The maximum atomic E-state index is 11.6. The van der Waals surface area contributed by atoms with Crippen molar-refractivity contribution in [1.29, 1.82) is 0 Å². The number of halogens is 1. The topological polar surface area (TPSA) is 117 Å². The van der Waals surface area contributed by atoms with Crippen LogP contribution in [0, 0.1) is 0 Å². The number of carbonyl (C=O) groups is 2. The first-order valence-electron chi connectivity index (χ1n) is 6.76. The molecule has 0 saturated heterocycles. The number of rotatable bonds is 6. The molecule has 0 saturated carbocycles. The molecular weight excluding hydrogens is 310 g/mol. The third-order valence-corrected chi connectivity index (χ3v) is 3.08. The Morgan fingerprint density at radius 2 is 1.91 bits per heavy atom. The Kier molecular flexibility index (Phi) is 6.94. The Labute approximate surface area is 134 Å². The lowest BCUT2D eigenvalue weighted by molar-refractivity contribution is -0.126. The first-order chi connectivity index (χ1) is 10.1. The number of hydrogen-bond donors (Lipinski definition) is 3. The van der Waals surface area contributed by atoms with E-state index >= 15 is 0 Å². The molecule has 1 heterocycles. The second kappa shape index (κ2) is 8.45. The predicted octanol–water partition coefficient (Wildman–Crippen LogP) is -0.259. The zero-order chi connectivity index (χ0) is 15.2. The van der Waals surface area contributed by atoms with Crippen molar-refractivity contribution in [2.45, 2.75) is 18.9 Å². The second-order valence-corrected chi connectivity index (χ2v) is 4.80. The van der Waals surface area contributed by atoms with Gasteiger partial charge in [-0.1, -0.05) is 6.07 Å². The highest BCUT2D eigenvalue weighted by molar-refractivity contribution is 5.87. The summed E-state index contributed by atoms with van der Waals surface area (Å²) in [6.45, 7) is 1.51. The summed E-state index contributed by atoms with van der Waals surface area (Å²) in [7, 11) is 0. The van der Waals surface area contributed by atoms with Crippen LogP contribution in [0.4, 0.5) is 0 Å². The normalized spacial score (nSPS) is 13.7. The molecule has 1 unspecified atom stereocenters. The third kappa shape index (κ3) is 5.09. The molecule has 0 bridgehead atoms. The number of nitrogens with two attached hydrogens (primary N) is 2. The van der Waals surface area contributed by atoms with Crippen LogP contribution in [-0.2, 0) is 16.0 Å². The number of hydrogen-bond acceptors (Lipinski definition) is 5. The summed E-state index contributed by atoms with van der Waals surface area (Å²) in [5, 5.41) is 2.67. The lowest BCUT2D eigenvalue weighted by atomic mass is 10.1. The van der Waals surface area contributed by atoms with E-state index in [4.69, 9.17) is 20.9 Å². The van der Waals surface area contributed by atoms with Gasteiger partial charge >= 0.3 is 0 Å². The summed E-state index contributed by atoms with van der Waals surface area (Å²) in [4.78, 5) is 22.3. The van der Waals surface area contributed by atoms with Gasteiger partial charge in [-0.3, -0.25) is 9.59 Å². The number of amides is 2. The van der Waals surface area contributed by atoms with E-state index in [1.54, 1.807) is 0 Å². The van der Waals surface area contributed by atoms with Gasteiger partial charge in [0.15, 0.2) is 11.5 Å². The van der Waals surface area contributed by atoms with Gasteiger partial charge in [0.25, 0.3) is 0 Å². The molecule has 0 aliphatic carbocycles. The molecule has 122 valence electrons. The summed E-state index contributed by atoms with van der Waals surface area (Å²) in [6.07, 6.45) is 0.474. The van der Waals surface area contributed by atoms with Gasteiger partial charge in [-0.2, -0.15) is 0 Å². The highest BCUT2D eigenvalue weighted by Gasteiger charge is 2.15. The van der Waals surface area contributed by atoms with Crippen LogP contribution in [0.3, 0.4) is 0 Å². The van der Waals surface area contributed by atoms with Crippen LogP contribution in [0.15, 0.2) is 18.2 Å². The van der Waals surface area contributed by atoms with Gasteiger partial charge in [0.2, 0.25) is 11.8 Å². The summed E-state index contributed by atoms with van der Waals surface area (Å²) in [6, 6.07) is 4.76. The molecule has 0 fully saturated rings. The molecule has 2 rings (SSSR count).